The summed E-state index contributed by atoms with van der Waals surface area (Å²) >= 11 is 0. The molecule has 0 bridgehead atoms. The van der Waals surface area contributed by atoms with Crippen molar-refractivity contribution in [2.75, 3.05) is 13.6 Å². The predicted octanol–water partition coefficient (Wildman–Crippen LogP) is 3.63. The highest BCUT2D eigenvalue weighted by Gasteiger charge is 2.31. The molecule has 3 aromatic rings. The van der Waals surface area contributed by atoms with E-state index in [1.165, 1.54) is 27.7 Å². The third-order valence-corrected chi connectivity index (χ3v) is 5.83. The molecule has 1 aromatic carbocycles. The third-order valence-electron chi connectivity index (χ3n) is 5.83. The van der Waals surface area contributed by atoms with Crippen LogP contribution < -0.4 is 0 Å². The molecule has 4 heteroatoms. The van der Waals surface area contributed by atoms with Crippen molar-refractivity contribution in [2.45, 2.75) is 45.4 Å². The van der Waals surface area contributed by atoms with E-state index in [4.69, 9.17) is 0 Å². The van der Waals surface area contributed by atoms with Crippen molar-refractivity contribution in [3.8, 4) is 0 Å². The lowest BCUT2D eigenvalue weighted by Crippen LogP contribution is -2.33. The average molecular weight is 349 g/mol. The number of aromatic nitrogens is 2. The van der Waals surface area contributed by atoms with Gasteiger partial charge in [-0.2, -0.15) is 0 Å². The largest absolute Gasteiger partial charge is 0.383 e. The lowest BCUT2D eigenvalue weighted by atomic mass is 9.91. The van der Waals surface area contributed by atoms with Crippen molar-refractivity contribution in [1.29, 1.82) is 0 Å². The Hall–Kier alpha value is -2.17. The number of likely N-dealkylation sites (N-methyl/N-ethyl adjacent to an activating group) is 1. The zero-order valence-corrected chi connectivity index (χ0v) is 15.9. The molecule has 0 saturated heterocycles. The molecule has 0 amide bonds. The fraction of sp³-hybridized carbons (Fsp3) is 0.409. The van der Waals surface area contributed by atoms with E-state index in [9.17, 15) is 5.11 Å². The number of pyridine rings is 1. The average Bonchev–Trinajstić information content (AvgIpc) is 2.94. The van der Waals surface area contributed by atoms with Gasteiger partial charge in [-0.15, -0.1) is 0 Å². The van der Waals surface area contributed by atoms with Crippen LogP contribution in [0.2, 0.25) is 0 Å². The fourth-order valence-corrected chi connectivity index (χ4v) is 4.20. The first-order chi connectivity index (χ1) is 12.5. The first-order valence-electron chi connectivity index (χ1n) is 9.44. The summed E-state index contributed by atoms with van der Waals surface area (Å²) in [5.41, 5.74) is 5.36. The second kappa shape index (κ2) is 6.53. The minimum Gasteiger partial charge on any atom is -0.383 e. The van der Waals surface area contributed by atoms with E-state index in [0.29, 0.717) is 13.0 Å². The van der Waals surface area contributed by atoms with Gasteiger partial charge in [0.25, 0.3) is 0 Å². The lowest BCUT2D eigenvalue weighted by molar-refractivity contribution is 0.0142. The normalized spacial score (nSPS) is 17.2. The lowest BCUT2D eigenvalue weighted by Gasteiger charge is -2.31. The van der Waals surface area contributed by atoms with Crippen molar-refractivity contribution in [3.05, 3.63) is 65.1 Å². The summed E-state index contributed by atoms with van der Waals surface area (Å²) in [5, 5.41) is 12.8. The van der Waals surface area contributed by atoms with Crippen molar-refractivity contribution < 1.29 is 5.11 Å². The summed E-state index contributed by atoms with van der Waals surface area (Å²) in [6, 6.07) is 10.5. The number of fused-ring (bicyclic) bond motifs is 3. The maximum atomic E-state index is 11.5. The summed E-state index contributed by atoms with van der Waals surface area (Å²) in [5.74, 6) is 0. The molecular weight excluding hydrogens is 322 g/mol. The third kappa shape index (κ3) is 2.83. The maximum Gasteiger partial charge on any atom is 0.107 e. The minimum atomic E-state index is -0.899. The van der Waals surface area contributed by atoms with Crippen LogP contribution in [-0.2, 0) is 25.1 Å². The molecule has 2 aromatic heterocycles. The summed E-state index contributed by atoms with van der Waals surface area (Å²) in [6.45, 7) is 6.78. The van der Waals surface area contributed by atoms with Crippen LogP contribution in [0.4, 0.5) is 0 Å². The highest BCUT2D eigenvalue weighted by molar-refractivity contribution is 5.86. The van der Waals surface area contributed by atoms with E-state index >= 15 is 0 Å². The zero-order chi connectivity index (χ0) is 18.3. The van der Waals surface area contributed by atoms with E-state index in [1.807, 2.05) is 12.1 Å². The Labute approximate surface area is 155 Å². The second-order valence-electron chi connectivity index (χ2n) is 7.64. The van der Waals surface area contributed by atoms with Crippen molar-refractivity contribution in [1.82, 2.24) is 14.5 Å². The molecule has 136 valence electrons. The summed E-state index contributed by atoms with van der Waals surface area (Å²) in [6.07, 6.45) is 5.25. The van der Waals surface area contributed by atoms with E-state index in [-0.39, 0.29) is 0 Å². The number of aliphatic hydroxyl groups is 1. The molecule has 1 unspecified atom stereocenters. The SMILES string of the molecule is CCC(O)(Cn1c2c(c3cc(C)ccc31)CCN(C)C2)c1ccncc1. The van der Waals surface area contributed by atoms with Gasteiger partial charge in [-0.3, -0.25) is 4.98 Å². The molecule has 0 saturated carbocycles. The molecule has 0 radical (unpaired) electrons. The molecule has 0 aliphatic carbocycles. The van der Waals surface area contributed by atoms with Crippen LogP contribution >= 0.6 is 0 Å². The first-order valence-corrected chi connectivity index (χ1v) is 9.44. The molecule has 1 N–H and O–H groups in total. The Balaban J connectivity index is 1.87. The number of hydrogen-bond donors (Lipinski definition) is 1. The summed E-state index contributed by atoms with van der Waals surface area (Å²) in [7, 11) is 2.17. The molecule has 0 spiro atoms. The zero-order valence-electron chi connectivity index (χ0n) is 15.9. The first kappa shape index (κ1) is 17.3. The van der Waals surface area contributed by atoms with Crippen LogP contribution in [0, 0.1) is 6.92 Å². The van der Waals surface area contributed by atoms with Crippen LogP contribution in [-0.4, -0.2) is 33.1 Å². The van der Waals surface area contributed by atoms with Gasteiger partial charge >= 0.3 is 0 Å². The number of nitrogens with zero attached hydrogens (tertiary/aromatic N) is 3. The maximum absolute atomic E-state index is 11.5. The van der Waals surface area contributed by atoms with E-state index < -0.39 is 5.60 Å². The predicted molar refractivity (Wildman–Crippen MR) is 105 cm³/mol. The number of aryl methyl sites for hydroxylation is 1. The minimum absolute atomic E-state index is 0.566. The summed E-state index contributed by atoms with van der Waals surface area (Å²) < 4.78 is 2.35. The number of benzene rings is 1. The topological polar surface area (TPSA) is 41.3 Å². The van der Waals surface area contributed by atoms with E-state index in [0.717, 1.165) is 25.1 Å². The molecule has 0 fully saturated rings. The van der Waals surface area contributed by atoms with Gasteiger partial charge in [0.15, 0.2) is 0 Å². The van der Waals surface area contributed by atoms with Crippen LogP contribution in [0.3, 0.4) is 0 Å². The Morgan fingerprint density at radius 1 is 1.19 bits per heavy atom. The van der Waals surface area contributed by atoms with Gasteiger partial charge in [-0.05, 0) is 62.2 Å². The van der Waals surface area contributed by atoms with Crippen LogP contribution in [0.1, 0.15) is 35.7 Å². The molecular formula is C22H27N3O. The number of hydrogen-bond acceptors (Lipinski definition) is 3. The second-order valence-corrected chi connectivity index (χ2v) is 7.64. The van der Waals surface area contributed by atoms with Gasteiger partial charge in [0.1, 0.15) is 5.60 Å². The summed E-state index contributed by atoms with van der Waals surface area (Å²) in [4.78, 5) is 6.47. The molecule has 3 heterocycles. The van der Waals surface area contributed by atoms with Gasteiger partial charge in [0.05, 0.1) is 6.54 Å². The van der Waals surface area contributed by atoms with Crippen molar-refractivity contribution >= 4 is 10.9 Å². The standard InChI is InChI=1S/C22H27N3O/c1-4-22(26,17-7-10-23-11-8-17)15-25-20-6-5-16(2)13-19(20)18-9-12-24(3)14-21(18)25/h5-8,10-11,13,26H,4,9,12,14-15H2,1-3H3. The number of rotatable bonds is 4. The highest BCUT2D eigenvalue weighted by atomic mass is 16.3. The van der Waals surface area contributed by atoms with Gasteiger partial charge in [-0.25, -0.2) is 0 Å². The Morgan fingerprint density at radius 3 is 2.69 bits per heavy atom. The van der Waals surface area contributed by atoms with Crippen LogP contribution in [0.25, 0.3) is 10.9 Å². The Morgan fingerprint density at radius 2 is 1.96 bits per heavy atom. The molecule has 4 rings (SSSR count). The van der Waals surface area contributed by atoms with Gasteiger partial charge in [-0.1, -0.05) is 18.6 Å². The van der Waals surface area contributed by atoms with E-state index in [2.05, 4.69) is 53.5 Å². The Kier molecular flexibility index (Phi) is 4.33. The smallest absolute Gasteiger partial charge is 0.107 e. The van der Waals surface area contributed by atoms with Gasteiger partial charge < -0.3 is 14.6 Å². The molecule has 1 atom stereocenters. The van der Waals surface area contributed by atoms with E-state index in [1.54, 1.807) is 12.4 Å². The monoisotopic (exact) mass is 349 g/mol. The van der Waals surface area contributed by atoms with Crippen LogP contribution in [0.5, 0.6) is 0 Å². The van der Waals surface area contributed by atoms with Crippen molar-refractivity contribution in [2.24, 2.45) is 0 Å². The quantitative estimate of drug-likeness (QED) is 0.782. The van der Waals surface area contributed by atoms with Crippen molar-refractivity contribution in [3.63, 3.8) is 0 Å². The highest BCUT2D eigenvalue weighted by Crippen LogP contribution is 2.35. The molecule has 1 aliphatic rings. The molecule has 4 nitrogen and oxygen atoms in total. The fourth-order valence-electron chi connectivity index (χ4n) is 4.20. The molecule has 26 heavy (non-hydrogen) atoms. The Bertz CT molecular complexity index is 931. The van der Waals surface area contributed by atoms with Gasteiger partial charge in [0, 0.05) is 42.1 Å². The molecule has 1 aliphatic heterocycles. The van der Waals surface area contributed by atoms with Crippen LogP contribution in [0.15, 0.2) is 42.7 Å². The van der Waals surface area contributed by atoms with Gasteiger partial charge in [0.2, 0.25) is 0 Å².